The number of rotatable bonds is 2. The zero-order valence-corrected chi connectivity index (χ0v) is 13.1. The van der Waals surface area contributed by atoms with E-state index in [0.717, 1.165) is 34.2 Å². The van der Waals surface area contributed by atoms with Crippen molar-refractivity contribution in [3.8, 4) is 0 Å². The van der Waals surface area contributed by atoms with E-state index < -0.39 is 4.92 Å². The molecule has 0 bridgehead atoms. The Labute approximate surface area is 134 Å². The summed E-state index contributed by atoms with van der Waals surface area (Å²) < 4.78 is 0. The summed E-state index contributed by atoms with van der Waals surface area (Å²) in [6, 6.07) is 10.3. The van der Waals surface area contributed by atoms with Gasteiger partial charge in [-0.05, 0) is 67.7 Å². The molecule has 2 aromatic carbocycles. The fourth-order valence-corrected chi connectivity index (χ4v) is 3.11. The Morgan fingerprint density at radius 1 is 1.09 bits per heavy atom. The Morgan fingerprint density at radius 2 is 1.78 bits per heavy atom. The van der Waals surface area contributed by atoms with E-state index in [0.29, 0.717) is 6.42 Å². The van der Waals surface area contributed by atoms with Gasteiger partial charge in [0, 0.05) is 23.3 Å². The van der Waals surface area contributed by atoms with Crippen LogP contribution in [0.3, 0.4) is 0 Å². The Bertz CT molecular complexity index is 832. The van der Waals surface area contributed by atoms with Crippen LogP contribution in [0.4, 0.5) is 5.69 Å². The Kier molecular flexibility index (Phi) is 3.82. The van der Waals surface area contributed by atoms with Crippen molar-refractivity contribution in [2.45, 2.75) is 26.7 Å². The third kappa shape index (κ3) is 2.93. The fourth-order valence-electron chi connectivity index (χ4n) is 3.11. The SMILES string of the molecule is Cc1cc(C)c2c(c1)C(=O)/C(=C/c1ccc([N+](=O)[O-])cc1)CC2. The number of Topliss-reactive ketones (excluding diaryl/α,β-unsaturated/α-hetero) is 1. The van der Waals surface area contributed by atoms with Crippen LogP contribution < -0.4 is 0 Å². The summed E-state index contributed by atoms with van der Waals surface area (Å²) in [7, 11) is 0. The van der Waals surface area contributed by atoms with Crippen molar-refractivity contribution in [3.63, 3.8) is 0 Å². The molecule has 0 fully saturated rings. The van der Waals surface area contributed by atoms with Crippen molar-refractivity contribution in [2.75, 3.05) is 0 Å². The summed E-state index contributed by atoms with van der Waals surface area (Å²) >= 11 is 0. The molecule has 0 radical (unpaired) electrons. The molecule has 0 saturated heterocycles. The van der Waals surface area contributed by atoms with Gasteiger partial charge < -0.3 is 0 Å². The van der Waals surface area contributed by atoms with Gasteiger partial charge in [0.1, 0.15) is 0 Å². The number of nitro benzene ring substituents is 1. The van der Waals surface area contributed by atoms with Crippen LogP contribution in [0.1, 0.15) is 39.0 Å². The zero-order chi connectivity index (χ0) is 16.6. The Balaban J connectivity index is 1.95. The number of fused-ring (bicyclic) bond motifs is 1. The molecule has 0 aromatic heterocycles. The lowest BCUT2D eigenvalue weighted by molar-refractivity contribution is -0.384. The molecule has 23 heavy (non-hydrogen) atoms. The number of aryl methyl sites for hydroxylation is 2. The van der Waals surface area contributed by atoms with Crippen LogP contribution in [0.5, 0.6) is 0 Å². The minimum Gasteiger partial charge on any atom is -0.289 e. The normalized spacial score (nSPS) is 15.6. The van der Waals surface area contributed by atoms with E-state index in [-0.39, 0.29) is 11.5 Å². The third-order valence-electron chi connectivity index (χ3n) is 4.24. The predicted molar refractivity (Wildman–Crippen MR) is 89.6 cm³/mol. The van der Waals surface area contributed by atoms with E-state index in [4.69, 9.17) is 0 Å². The highest BCUT2D eigenvalue weighted by Crippen LogP contribution is 2.30. The van der Waals surface area contributed by atoms with Gasteiger partial charge in [0.2, 0.25) is 0 Å². The monoisotopic (exact) mass is 307 g/mol. The molecular weight excluding hydrogens is 290 g/mol. The maximum atomic E-state index is 12.7. The van der Waals surface area contributed by atoms with Crippen LogP contribution in [0.25, 0.3) is 6.08 Å². The number of nitrogens with zero attached hydrogens (tertiary/aromatic N) is 1. The molecule has 0 spiro atoms. The number of benzene rings is 2. The summed E-state index contributed by atoms with van der Waals surface area (Å²) in [5, 5.41) is 10.7. The largest absolute Gasteiger partial charge is 0.289 e. The van der Waals surface area contributed by atoms with Crippen LogP contribution in [-0.2, 0) is 6.42 Å². The fraction of sp³-hybridized carbons (Fsp3) is 0.211. The predicted octanol–water partition coefficient (Wildman–Crippen LogP) is 4.42. The van der Waals surface area contributed by atoms with Crippen molar-refractivity contribution >= 4 is 17.5 Å². The molecule has 0 aliphatic heterocycles. The second-order valence-electron chi connectivity index (χ2n) is 5.96. The molecule has 3 rings (SSSR count). The molecule has 0 N–H and O–H groups in total. The lowest BCUT2D eigenvalue weighted by atomic mass is 9.83. The van der Waals surface area contributed by atoms with Gasteiger partial charge >= 0.3 is 0 Å². The van der Waals surface area contributed by atoms with Gasteiger partial charge in [0.25, 0.3) is 5.69 Å². The summed E-state index contributed by atoms with van der Waals surface area (Å²) in [5.41, 5.74) is 5.82. The number of hydrogen-bond donors (Lipinski definition) is 0. The molecule has 0 amide bonds. The molecule has 1 aliphatic carbocycles. The van der Waals surface area contributed by atoms with E-state index in [1.165, 1.54) is 17.7 Å². The molecule has 0 heterocycles. The molecule has 4 heteroatoms. The smallest absolute Gasteiger partial charge is 0.269 e. The average Bonchev–Trinajstić information content (AvgIpc) is 2.51. The lowest BCUT2D eigenvalue weighted by Gasteiger charge is -2.20. The average molecular weight is 307 g/mol. The van der Waals surface area contributed by atoms with E-state index in [2.05, 4.69) is 6.07 Å². The van der Waals surface area contributed by atoms with Crippen molar-refractivity contribution in [1.82, 2.24) is 0 Å². The van der Waals surface area contributed by atoms with Gasteiger partial charge in [-0.1, -0.05) is 11.6 Å². The molecule has 2 aromatic rings. The maximum absolute atomic E-state index is 12.7. The minimum absolute atomic E-state index is 0.0544. The number of ketones is 1. The summed E-state index contributed by atoms with van der Waals surface area (Å²) in [6.45, 7) is 4.04. The molecule has 1 aliphatic rings. The first-order valence-electron chi connectivity index (χ1n) is 7.55. The zero-order valence-electron chi connectivity index (χ0n) is 13.1. The third-order valence-corrected chi connectivity index (χ3v) is 4.24. The van der Waals surface area contributed by atoms with Crippen LogP contribution in [0.2, 0.25) is 0 Å². The first-order chi connectivity index (χ1) is 11.0. The van der Waals surface area contributed by atoms with Crippen LogP contribution >= 0.6 is 0 Å². The van der Waals surface area contributed by atoms with E-state index in [9.17, 15) is 14.9 Å². The standard InChI is InChI=1S/C19H17NO3/c1-12-9-13(2)17-8-5-15(19(21)18(17)10-12)11-14-3-6-16(7-4-14)20(22)23/h3-4,6-7,9-11H,5,8H2,1-2H3/b15-11+. The minimum atomic E-state index is -0.426. The first kappa shape index (κ1) is 15.2. The summed E-state index contributed by atoms with van der Waals surface area (Å²) in [6.07, 6.45) is 3.39. The Hall–Kier alpha value is -2.75. The number of allylic oxidation sites excluding steroid dienone is 1. The van der Waals surface area contributed by atoms with Gasteiger partial charge in [0.15, 0.2) is 5.78 Å². The highest BCUT2D eigenvalue weighted by atomic mass is 16.6. The van der Waals surface area contributed by atoms with Gasteiger partial charge in [-0.25, -0.2) is 0 Å². The molecule has 116 valence electrons. The van der Waals surface area contributed by atoms with Crippen LogP contribution in [0, 0.1) is 24.0 Å². The molecule has 4 nitrogen and oxygen atoms in total. The summed E-state index contributed by atoms with van der Waals surface area (Å²) in [4.78, 5) is 23.0. The first-order valence-corrected chi connectivity index (χ1v) is 7.55. The molecular formula is C19H17NO3. The second-order valence-corrected chi connectivity index (χ2v) is 5.96. The lowest BCUT2D eigenvalue weighted by Crippen LogP contribution is -2.15. The van der Waals surface area contributed by atoms with Crippen LogP contribution in [-0.4, -0.2) is 10.7 Å². The van der Waals surface area contributed by atoms with Crippen LogP contribution in [0.15, 0.2) is 42.0 Å². The van der Waals surface area contributed by atoms with Gasteiger partial charge in [-0.3, -0.25) is 14.9 Å². The van der Waals surface area contributed by atoms with Crippen molar-refractivity contribution in [2.24, 2.45) is 0 Å². The second kappa shape index (κ2) is 5.80. The highest BCUT2D eigenvalue weighted by Gasteiger charge is 2.23. The number of carbonyl (C=O) groups excluding carboxylic acids is 1. The van der Waals surface area contributed by atoms with E-state index >= 15 is 0 Å². The maximum Gasteiger partial charge on any atom is 0.269 e. The molecule has 0 saturated carbocycles. The van der Waals surface area contributed by atoms with Crippen molar-refractivity contribution in [1.29, 1.82) is 0 Å². The van der Waals surface area contributed by atoms with E-state index in [1.807, 2.05) is 26.0 Å². The quantitative estimate of drug-likeness (QED) is 0.468. The number of carbonyl (C=O) groups is 1. The summed E-state index contributed by atoms with van der Waals surface area (Å²) in [5.74, 6) is 0.0661. The molecule has 0 atom stereocenters. The van der Waals surface area contributed by atoms with Gasteiger partial charge in [0.05, 0.1) is 4.92 Å². The Morgan fingerprint density at radius 3 is 2.43 bits per heavy atom. The van der Waals surface area contributed by atoms with Gasteiger partial charge in [-0.2, -0.15) is 0 Å². The topological polar surface area (TPSA) is 60.2 Å². The van der Waals surface area contributed by atoms with Crippen molar-refractivity contribution < 1.29 is 9.72 Å². The number of nitro groups is 1. The molecule has 0 unspecified atom stereocenters. The number of hydrogen-bond acceptors (Lipinski definition) is 3. The van der Waals surface area contributed by atoms with Crippen molar-refractivity contribution in [3.05, 3.63) is 79.9 Å². The van der Waals surface area contributed by atoms with E-state index in [1.54, 1.807) is 12.1 Å². The number of non-ortho nitro benzene ring substituents is 1. The van der Waals surface area contributed by atoms with Gasteiger partial charge in [-0.15, -0.1) is 0 Å². The highest BCUT2D eigenvalue weighted by molar-refractivity contribution is 6.13.